The summed E-state index contributed by atoms with van der Waals surface area (Å²) in [7, 11) is 0. The summed E-state index contributed by atoms with van der Waals surface area (Å²) in [5.41, 5.74) is 10.8. The molecule has 4 N–H and O–H groups in total. The fraction of sp³-hybridized carbons (Fsp3) is 0.333. The lowest BCUT2D eigenvalue weighted by Gasteiger charge is -2.23. The monoisotopic (exact) mass is 329 g/mol. The second-order valence-electron chi connectivity index (χ2n) is 4.41. The predicted molar refractivity (Wildman–Crippen MR) is 71.8 cm³/mol. The number of likely N-dealkylation sites (tertiary alicyclic amines) is 1. The summed E-state index contributed by atoms with van der Waals surface area (Å²) in [6.07, 6.45) is 1.27. The first kappa shape index (κ1) is 13.8. The Morgan fingerprint density at radius 2 is 2.11 bits per heavy atom. The molecule has 1 aliphatic heterocycles. The molecule has 1 aromatic carbocycles. The number of amides is 2. The molecule has 0 spiro atoms. The normalized spacial score (nSPS) is 18.6. The van der Waals surface area contributed by atoms with Gasteiger partial charge in [-0.1, -0.05) is 0 Å². The minimum atomic E-state index is -0.606. The molecule has 2 rings (SSSR count). The number of anilines is 1. The predicted octanol–water partition coefficient (Wildman–Crippen LogP) is 1.26. The van der Waals surface area contributed by atoms with Crippen molar-refractivity contribution in [2.45, 2.75) is 18.9 Å². The van der Waals surface area contributed by atoms with E-state index in [0.717, 1.165) is 6.07 Å². The highest BCUT2D eigenvalue weighted by Gasteiger charge is 2.34. The van der Waals surface area contributed by atoms with E-state index in [4.69, 9.17) is 11.5 Å². The van der Waals surface area contributed by atoms with Crippen molar-refractivity contribution < 1.29 is 14.0 Å². The Labute approximate surface area is 117 Å². The molecular formula is C12H13BrFN3O2. The quantitative estimate of drug-likeness (QED) is 0.800. The van der Waals surface area contributed by atoms with Gasteiger partial charge in [0, 0.05) is 11.0 Å². The summed E-state index contributed by atoms with van der Waals surface area (Å²) in [6.45, 7) is 0.455. The van der Waals surface area contributed by atoms with Crippen LogP contribution in [0.15, 0.2) is 16.6 Å². The van der Waals surface area contributed by atoms with Gasteiger partial charge in [0.1, 0.15) is 11.9 Å². The van der Waals surface area contributed by atoms with E-state index in [-0.39, 0.29) is 17.2 Å². The smallest absolute Gasteiger partial charge is 0.255 e. The molecule has 102 valence electrons. The van der Waals surface area contributed by atoms with Crippen LogP contribution in [0.25, 0.3) is 0 Å². The molecule has 0 aromatic heterocycles. The third-order valence-corrected chi connectivity index (χ3v) is 3.81. The van der Waals surface area contributed by atoms with Gasteiger partial charge in [-0.2, -0.15) is 0 Å². The third-order valence-electron chi connectivity index (χ3n) is 3.16. The van der Waals surface area contributed by atoms with Gasteiger partial charge in [0.2, 0.25) is 5.91 Å². The fourth-order valence-corrected chi connectivity index (χ4v) is 2.67. The third kappa shape index (κ3) is 2.56. The molecule has 0 saturated carbocycles. The topological polar surface area (TPSA) is 89.4 Å². The van der Waals surface area contributed by atoms with Gasteiger partial charge in [-0.3, -0.25) is 9.59 Å². The van der Waals surface area contributed by atoms with E-state index in [9.17, 15) is 14.0 Å². The summed E-state index contributed by atoms with van der Waals surface area (Å²) < 4.78 is 13.6. The van der Waals surface area contributed by atoms with Crippen molar-refractivity contribution >= 4 is 33.4 Å². The summed E-state index contributed by atoms with van der Waals surface area (Å²) in [5, 5.41) is 0. The van der Waals surface area contributed by atoms with Crippen LogP contribution in [0, 0.1) is 5.82 Å². The molecule has 1 saturated heterocycles. The lowest BCUT2D eigenvalue weighted by molar-refractivity contribution is -0.121. The van der Waals surface area contributed by atoms with E-state index < -0.39 is 17.8 Å². The number of nitrogens with zero attached hydrogens (tertiary/aromatic N) is 1. The fourth-order valence-electron chi connectivity index (χ4n) is 2.19. The van der Waals surface area contributed by atoms with Gasteiger partial charge in [0.25, 0.3) is 5.91 Å². The SMILES string of the molecule is NC(=O)C1CCCN1C(=O)c1cc(N)c(F)cc1Br. The van der Waals surface area contributed by atoms with Gasteiger partial charge in [0.15, 0.2) is 0 Å². The first-order chi connectivity index (χ1) is 8.91. The second kappa shape index (κ2) is 5.16. The van der Waals surface area contributed by atoms with Crippen LogP contribution in [0.4, 0.5) is 10.1 Å². The van der Waals surface area contributed by atoms with Gasteiger partial charge in [-0.05, 0) is 40.9 Å². The highest BCUT2D eigenvalue weighted by atomic mass is 79.9. The maximum Gasteiger partial charge on any atom is 0.255 e. The molecule has 1 heterocycles. The van der Waals surface area contributed by atoms with Gasteiger partial charge in [-0.25, -0.2) is 4.39 Å². The van der Waals surface area contributed by atoms with Gasteiger partial charge in [-0.15, -0.1) is 0 Å². The van der Waals surface area contributed by atoms with E-state index in [2.05, 4.69) is 15.9 Å². The molecule has 1 atom stereocenters. The number of nitrogens with two attached hydrogens (primary N) is 2. The maximum atomic E-state index is 13.3. The lowest BCUT2D eigenvalue weighted by atomic mass is 10.1. The Hall–Kier alpha value is -1.63. The molecule has 0 bridgehead atoms. The summed E-state index contributed by atoms with van der Waals surface area (Å²) >= 11 is 3.13. The molecular weight excluding hydrogens is 317 g/mol. The number of benzene rings is 1. The molecule has 1 fully saturated rings. The number of carbonyl (C=O) groups is 2. The van der Waals surface area contributed by atoms with E-state index in [0.29, 0.717) is 23.9 Å². The summed E-state index contributed by atoms with van der Waals surface area (Å²) in [6, 6.07) is 1.79. The highest BCUT2D eigenvalue weighted by molar-refractivity contribution is 9.10. The largest absolute Gasteiger partial charge is 0.396 e. The molecule has 0 aliphatic carbocycles. The van der Waals surface area contributed by atoms with Crippen molar-refractivity contribution in [1.82, 2.24) is 4.90 Å². The van der Waals surface area contributed by atoms with Crippen molar-refractivity contribution in [3.63, 3.8) is 0 Å². The number of carbonyl (C=O) groups excluding carboxylic acids is 2. The molecule has 1 aliphatic rings. The van der Waals surface area contributed by atoms with Crippen LogP contribution in [0.2, 0.25) is 0 Å². The van der Waals surface area contributed by atoms with Gasteiger partial charge < -0.3 is 16.4 Å². The van der Waals surface area contributed by atoms with Gasteiger partial charge in [0.05, 0.1) is 11.3 Å². The Morgan fingerprint density at radius 1 is 1.42 bits per heavy atom. The zero-order chi connectivity index (χ0) is 14.2. The van der Waals surface area contributed by atoms with Crippen molar-refractivity contribution in [2.24, 2.45) is 5.73 Å². The minimum Gasteiger partial charge on any atom is -0.396 e. The molecule has 19 heavy (non-hydrogen) atoms. The number of primary amides is 1. The van der Waals surface area contributed by atoms with Gasteiger partial charge >= 0.3 is 0 Å². The van der Waals surface area contributed by atoms with Crippen molar-refractivity contribution in [3.8, 4) is 0 Å². The van der Waals surface area contributed by atoms with Crippen molar-refractivity contribution in [2.75, 3.05) is 12.3 Å². The number of halogens is 2. The Balaban J connectivity index is 2.34. The first-order valence-corrected chi connectivity index (χ1v) is 6.56. The second-order valence-corrected chi connectivity index (χ2v) is 5.27. The van der Waals surface area contributed by atoms with Crippen LogP contribution >= 0.6 is 15.9 Å². The highest BCUT2D eigenvalue weighted by Crippen LogP contribution is 2.27. The van der Waals surface area contributed by atoms with Crippen molar-refractivity contribution in [1.29, 1.82) is 0 Å². The van der Waals surface area contributed by atoms with E-state index >= 15 is 0 Å². The summed E-state index contributed by atoms with van der Waals surface area (Å²) in [5.74, 6) is -1.51. The number of rotatable bonds is 2. The number of hydrogen-bond acceptors (Lipinski definition) is 3. The average molecular weight is 330 g/mol. The standard InChI is InChI=1S/C12H13BrFN3O2/c13-7-5-8(14)9(15)4-6(7)12(19)17-3-1-2-10(17)11(16)18/h4-5,10H,1-3,15H2,(H2,16,18). The van der Waals surface area contributed by atoms with Crippen LogP contribution in [0.5, 0.6) is 0 Å². The summed E-state index contributed by atoms with van der Waals surface area (Å²) in [4.78, 5) is 25.0. The molecule has 1 aromatic rings. The van der Waals surface area contributed by atoms with E-state index in [1.54, 1.807) is 0 Å². The van der Waals surface area contributed by atoms with Crippen LogP contribution in [-0.2, 0) is 4.79 Å². The zero-order valence-electron chi connectivity index (χ0n) is 10.0. The van der Waals surface area contributed by atoms with Crippen LogP contribution in [0.3, 0.4) is 0 Å². The molecule has 2 amide bonds. The first-order valence-electron chi connectivity index (χ1n) is 5.76. The lowest BCUT2D eigenvalue weighted by Crippen LogP contribution is -2.43. The molecule has 1 unspecified atom stereocenters. The zero-order valence-corrected chi connectivity index (χ0v) is 11.6. The minimum absolute atomic E-state index is 0.110. The van der Waals surface area contributed by atoms with Crippen LogP contribution in [-0.4, -0.2) is 29.3 Å². The maximum absolute atomic E-state index is 13.3. The average Bonchev–Trinajstić information content (AvgIpc) is 2.82. The van der Waals surface area contributed by atoms with E-state index in [1.807, 2.05) is 0 Å². The number of nitrogen functional groups attached to an aromatic ring is 1. The Morgan fingerprint density at radius 3 is 2.74 bits per heavy atom. The van der Waals surface area contributed by atoms with Crippen LogP contribution in [0.1, 0.15) is 23.2 Å². The number of hydrogen-bond donors (Lipinski definition) is 2. The Kier molecular flexibility index (Phi) is 3.75. The van der Waals surface area contributed by atoms with E-state index in [1.165, 1.54) is 11.0 Å². The molecule has 0 radical (unpaired) electrons. The molecule has 7 heteroatoms. The molecule has 5 nitrogen and oxygen atoms in total. The Bertz CT molecular complexity index is 550. The van der Waals surface area contributed by atoms with Crippen molar-refractivity contribution in [3.05, 3.63) is 28.0 Å². The van der Waals surface area contributed by atoms with Crippen LogP contribution < -0.4 is 11.5 Å².